The number of nitrogen functional groups attached to an aromatic ring is 1. The van der Waals surface area contributed by atoms with E-state index in [2.05, 4.69) is 14.5 Å². The molecule has 11 nitrogen and oxygen atoms in total. The lowest BCUT2D eigenvalue weighted by Gasteiger charge is -2.22. The van der Waals surface area contributed by atoms with Gasteiger partial charge in [-0.1, -0.05) is 0 Å². The van der Waals surface area contributed by atoms with Gasteiger partial charge in [-0.3, -0.25) is 4.57 Å². The molecule has 2 unspecified atom stereocenters. The van der Waals surface area contributed by atoms with Gasteiger partial charge in [0.15, 0.2) is 30.1 Å². The van der Waals surface area contributed by atoms with E-state index in [0.717, 1.165) is 0 Å². The van der Waals surface area contributed by atoms with Gasteiger partial charge in [0.2, 0.25) is 0 Å². The van der Waals surface area contributed by atoms with E-state index in [1.807, 2.05) is 0 Å². The molecule has 1 fully saturated rings. The van der Waals surface area contributed by atoms with Crippen LogP contribution in [0.1, 0.15) is 13.2 Å². The summed E-state index contributed by atoms with van der Waals surface area (Å²) in [6.45, 7) is 1.37. The zero-order chi connectivity index (χ0) is 17.3. The molecule has 4 N–H and O–H groups in total. The molecule has 0 aliphatic carbocycles. The normalized spacial score (nSPS) is 26.7. The Balaban J connectivity index is 2.43. The number of halogens is 1. The second-order valence-corrected chi connectivity index (χ2v) is 4.59. The number of rotatable bonds is 3. The van der Waals surface area contributed by atoms with Crippen molar-refractivity contribution >= 4 is 18.1 Å². The number of anilines is 1. The fraction of sp³-hybridized carbons (Fsp3) is 0.455. The Morgan fingerprint density at radius 1 is 1.35 bits per heavy atom. The molecule has 1 saturated heterocycles. The maximum Gasteiger partial charge on any atom is 0.506 e. The van der Waals surface area contributed by atoms with Crippen LogP contribution in [0.25, 0.3) is 0 Å². The summed E-state index contributed by atoms with van der Waals surface area (Å²) in [4.78, 5) is 36.5. The van der Waals surface area contributed by atoms with Crippen molar-refractivity contribution in [2.45, 2.75) is 31.5 Å². The van der Waals surface area contributed by atoms with Crippen molar-refractivity contribution in [3.8, 4) is 0 Å². The number of carboxylic acid groups (broad SMARTS) is 2. The largest absolute Gasteiger partial charge is 0.506 e. The number of ether oxygens (including phenoxy) is 3. The third kappa shape index (κ3) is 3.31. The summed E-state index contributed by atoms with van der Waals surface area (Å²) < 4.78 is 28.5. The highest BCUT2D eigenvalue weighted by Gasteiger charge is 2.49. The van der Waals surface area contributed by atoms with Crippen molar-refractivity contribution in [2.75, 3.05) is 5.73 Å². The van der Waals surface area contributed by atoms with Crippen molar-refractivity contribution < 1.29 is 38.4 Å². The van der Waals surface area contributed by atoms with Crippen LogP contribution >= 0.6 is 0 Å². The summed E-state index contributed by atoms with van der Waals surface area (Å²) in [5.74, 6) is -1.69. The van der Waals surface area contributed by atoms with E-state index in [1.165, 1.54) is 6.92 Å². The van der Waals surface area contributed by atoms with Crippen LogP contribution in [0, 0.1) is 5.82 Å². The van der Waals surface area contributed by atoms with Gasteiger partial charge in [-0.2, -0.15) is 4.98 Å². The van der Waals surface area contributed by atoms with Crippen LogP contribution in [0.2, 0.25) is 0 Å². The lowest BCUT2D eigenvalue weighted by Crippen LogP contribution is -2.40. The molecule has 0 saturated carbocycles. The summed E-state index contributed by atoms with van der Waals surface area (Å²) in [5, 5.41) is 17.5. The van der Waals surface area contributed by atoms with Crippen LogP contribution in [0.4, 0.5) is 19.8 Å². The van der Waals surface area contributed by atoms with Crippen LogP contribution in [0.3, 0.4) is 0 Å². The van der Waals surface area contributed by atoms with E-state index in [4.69, 9.17) is 20.7 Å². The van der Waals surface area contributed by atoms with Crippen molar-refractivity contribution in [2.24, 2.45) is 0 Å². The van der Waals surface area contributed by atoms with Gasteiger partial charge >= 0.3 is 18.0 Å². The first kappa shape index (κ1) is 16.5. The van der Waals surface area contributed by atoms with Gasteiger partial charge in [-0.25, -0.2) is 18.8 Å². The molecular weight excluding hydrogens is 321 g/mol. The lowest BCUT2D eigenvalue weighted by atomic mass is 10.1. The van der Waals surface area contributed by atoms with Gasteiger partial charge in [0.1, 0.15) is 0 Å². The van der Waals surface area contributed by atoms with Crippen LogP contribution < -0.4 is 11.4 Å². The molecule has 23 heavy (non-hydrogen) atoms. The predicted molar refractivity (Wildman–Crippen MR) is 68.2 cm³/mol. The average molecular weight is 333 g/mol. The standard InChI is InChI=1S/C11H12FN3O8/c1-3-5(22-10(17)18)6(23-11(19)20)8(21-3)15-2-4(12)7(13)14-9(15)16/h2-3,5-6,8H,1H3,(H,17,18)(H,19,20)(H2,13,14,16)/t3-,5?,6?,8-/m1/s1. The van der Waals surface area contributed by atoms with E-state index in [0.29, 0.717) is 10.8 Å². The van der Waals surface area contributed by atoms with Crippen molar-refractivity contribution in [1.82, 2.24) is 9.55 Å². The Labute approximate surface area is 127 Å². The lowest BCUT2D eigenvalue weighted by molar-refractivity contribution is -0.0552. The molecule has 1 aromatic heterocycles. The average Bonchev–Trinajstić information content (AvgIpc) is 2.70. The number of aromatic nitrogens is 2. The molecule has 0 bridgehead atoms. The zero-order valence-corrected chi connectivity index (χ0v) is 11.6. The van der Waals surface area contributed by atoms with Crippen LogP contribution in [-0.2, 0) is 14.2 Å². The highest BCUT2D eigenvalue weighted by molar-refractivity contribution is 5.58. The number of nitrogens with zero attached hydrogens (tertiary/aromatic N) is 2. The zero-order valence-electron chi connectivity index (χ0n) is 11.6. The molecule has 12 heteroatoms. The fourth-order valence-corrected chi connectivity index (χ4v) is 2.19. The minimum absolute atomic E-state index is 0.612. The Kier molecular flexibility index (Phi) is 4.36. The highest BCUT2D eigenvalue weighted by Crippen LogP contribution is 2.33. The molecule has 0 amide bonds. The summed E-state index contributed by atoms with van der Waals surface area (Å²) >= 11 is 0. The molecule has 0 spiro atoms. The number of nitrogens with two attached hydrogens (primary N) is 1. The fourth-order valence-electron chi connectivity index (χ4n) is 2.19. The third-order valence-electron chi connectivity index (χ3n) is 3.10. The third-order valence-corrected chi connectivity index (χ3v) is 3.10. The molecule has 0 radical (unpaired) electrons. The van der Waals surface area contributed by atoms with E-state index in [1.54, 1.807) is 0 Å². The number of hydrogen-bond donors (Lipinski definition) is 3. The number of carbonyl (C=O) groups is 2. The molecule has 1 aliphatic heterocycles. The predicted octanol–water partition coefficient (Wildman–Crippen LogP) is 0.00830. The second kappa shape index (κ2) is 6.08. The minimum Gasteiger partial charge on any atom is -0.450 e. The van der Waals surface area contributed by atoms with Gasteiger partial charge in [0.25, 0.3) is 0 Å². The van der Waals surface area contributed by atoms with Gasteiger partial charge in [-0.05, 0) is 6.92 Å². The van der Waals surface area contributed by atoms with E-state index >= 15 is 0 Å². The number of hydrogen-bond acceptors (Lipinski definition) is 8. The maximum absolute atomic E-state index is 13.5. The first-order valence-corrected chi connectivity index (χ1v) is 6.19. The topological polar surface area (TPSA) is 163 Å². The SMILES string of the molecule is C[C@H]1O[C@@H](n2cc(F)c(N)nc2=O)C(OC(=O)O)C1OC(=O)O. The quantitative estimate of drug-likeness (QED) is 0.642. The Morgan fingerprint density at radius 3 is 2.48 bits per heavy atom. The summed E-state index contributed by atoms with van der Waals surface area (Å²) in [6.07, 6.45) is -8.13. The second-order valence-electron chi connectivity index (χ2n) is 4.59. The summed E-state index contributed by atoms with van der Waals surface area (Å²) in [7, 11) is 0. The summed E-state index contributed by atoms with van der Waals surface area (Å²) in [5.41, 5.74) is 4.12. The minimum atomic E-state index is -1.76. The van der Waals surface area contributed by atoms with Crippen LogP contribution in [0.5, 0.6) is 0 Å². The molecule has 126 valence electrons. The molecule has 4 atom stereocenters. The first-order chi connectivity index (χ1) is 10.7. The monoisotopic (exact) mass is 333 g/mol. The van der Waals surface area contributed by atoms with Gasteiger partial charge in [-0.15, -0.1) is 0 Å². The molecule has 1 aliphatic rings. The molecule has 2 heterocycles. The van der Waals surface area contributed by atoms with Crippen molar-refractivity contribution in [3.05, 3.63) is 22.5 Å². The van der Waals surface area contributed by atoms with E-state index < -0.39 is 54.2 Å². The molecule has 2 rings (SSSR count). The van der Waals surface area contributed by atoms with Gasteiger partial charge < -0.3 is 30.2 Å². The van der Waals surface area contributed by atoms with Gasteiger partial charge in [0, 0.05) is 0 Å². The van der Waals surface area contributed by atoms with Gasteiger partial charge in [0.05, 0.1) is 12.3 Å². The van der Waals surface area contributed by atoms with Crippen molar-refractivity contribution in [3.63, 3.8) is 0 Å². The molecule has 1 aromatic rings. The maximum atomic E-state index is 13.5. The Bertz CT molecular complexity index is 692. The Morgan fingerprint density at radius 2 is 1.91 bits per heavy atom. The molecular formula is C11H12FN3O8. The smallest absolute Gasteiger partial charge is 0.450 e. The Hall–Kier alpha value is -2.89. The van der Waals surface area contributed by atoms with E-state index in [9.17, 15) is 18.8 Å². The van der Waals surface area contributed by atoms with E-state index in [-0.39, 0.29) is 0 Å². The summed E-state index contributed by atoms with van der Waals surface area (Å²) in [6, 6.07) is 0. The van der Waals surface area contributed by atoms with Crippen LogP contribution in [0.15, 0.2) is 11.0 Å². The highest BCUT2D eigenvalue weighted by atomic mass is 19.1. The van der Waals surface area contributed by atoms with Crippen LogP contribution in [-0.4, -0.2) is 50.4 Å². The first-order valence-electron chi connectivity index (χ1n) is 6.19. The molecule has 0 aromatic carbocycles. The van der Waals surface area contributed by atoms with Crippen molar-refractivity contribution in [1.29, 1.82) is 0 Å².